The van der Waals surface area contributed by atoms with Crippen molar-refractivity contribution in [1.82, 2.24) is 41.0 Å². The van der Waals surface area contributed by atoms with Crippen molar-refractivity contribution in [3.05, 3.63) is 118 Å². The van der Waals surface area contributed by atoms with Crippen molar-refractivity contribution in [3.63, 3.8) is 0 Å². The topological polar surface area (TPSA) is 288 Å². The summed E-state index contributed by atoms with van der Waals surface area (Å²) in [5, 5.41) is 9.65. The molecule has 2 fully saturated rings. The summed E-state index contributed by atoms with van der Waals surface area (Å²) in [6.07, 6.45) is 2.70. The fourth-order valence-electron chi connectivity index (χ4n) is 8.05. The first-order valence-electron chi connectivity index (χ1n) is 19.4. The Kier molecular flexibility index (Phi) is 9.60. The van der Waals surface area contributed by atoms with Crippen LogP contribution in [-0.4, -0.2) is 94.5 Å². The molecule has 9 amide bonds. The normalized spacial score (nSPS) is 19.8. The second-order valence-electron chi connectivity index (χ2n) is 15.4. The summed E-state index contributed by atoms with van der Waals surface area (Å²) in [4.78, 5) is 111. The molecular formula is C43H35N9O12. The van der Waals surface area contributed by atoms with Gasteiger partial charge in [0.2, 0.25) is 5.91 Å². The summed E-state index contributed by atoms with van der Waals surface area (Å²) in [6, 6.07) is 14.9. The summed E-state index contributed by atoms with van der Waals surface area (Å²) in [5.41, 5.74) is 6.23. The van der Waals surface area contributed by atoms with Crippen LogP contribution >= 0.6 is 0 Å². The highest BCUT2D eigenvalue weighted by Gasteiger charge is 2.54. The van der Waals surface area contributed by atoms with Crippen LogP contribution in [0.5, 0.6) is 11.5 Å². The highest BCUT2D eigenvalue weighted by Crippen LogP contribution is 2.37. The Balaban J connectivity index is 0.000000162. The van der Waals surface area contributed by atoms with Gasteiger partial charge >= 0.3 is 12.1 Å². The van der Waals surface area contributed by atoms with E-state index in [1.54, 1.807) is 36.4 Å². The van der Waals surface area contributed by atoms with Crippen LogP contribution in [0.1, 0.15) is 71.0 Å². The van der Waals surface area contributed by atoms with E-state index in [0.717, 1.165) is 11.1 Å². The Labute approximate surface area is 360 Å². The second kappa shape index (κ2) is 15.1. The number of nitrogens with zero attached hydrogens (tertiary/aromatic N) is 4. The van der Waals surface area contributed by atoms with Crippen LogP contribution in [0.4, 0.5) is 9.59 Å². The van der Waals surface area contributed by atoms with Gasteiger partial charge in [-0.25, -0.2) is 9.59 Å². The van der Waals surface area contributed by atoms with E-state index in [1.807, 2.05) is 0 Å². The van der Waals surface area contributed by atoms with Gasteiger partial charge < -0.3 is 44.5 Å². The number of pyridine rings is 2. The fourth-order valence-corrected chi connectivity index (χ4v) is 8.05. The number of nitrogens with one attached hydrogen (secondary N) is 4. The maximum atomic E-state index is 13.1. The number of benzene rings is 2. The number of amides is 9. The standard InChI is InChI=1S/C22H18N4O6.C21H17N5O6/c1-11(27)13-5-17-16(23-8-13)7-18(32-17)22(20(29)24-21(30)25-22)10-26-9-12-3-4-14(31-2)6-15(12)19(26)28;1-31-12-3-2-10-8-26(18(28)13(10)5-12)9-21(19(29)24-20(30)25-21)16-6-14-15(32-16)4-11(7-23-14)17(22)27/h3-8H,9-10H2,1-2H3,(H2,24,25,29,30);2-7H,8-9H2,1H3,(H2,22,27)(H2,24,25,29,30)/t22-;21-/m00/s1. The van der Waals surface area contributed by atoms with Crippen molar-refractivity contribution in [2.45, 2.75) is 31.1 Å². The lowest BCUT2D eigenvalue weighted by atomic mass is 9.95. The number of nitrogens with two attached hydrogens (primary N) is 1. The highest BCUT2D eigenvalue weighted by atomic mass is 16.5. The van der Waals surface area contributed by atoms with E-state index >= 15 is 0 Å². The van der Waals surface area contributed by atoms with Gasteiger partial charge in [-0.2, -0.15) is 0 Å². The Morgan fingerprint density at radius 1 is 0.672 bits per heavy atom. The molecule has 0 spiro atoms. The van der Waals surface area contributed by atoms with Crippen LogP contribution in [-0.2, 0) is 33.8 Å². The van der Waals surface area contributed by atoms with E-state index in [1.165, 1.54) is 67.6 Å². The molecule has 6 aromatic rings. The molecule has 10 rings (SSSR count). The monoisotopic (exact) mass is 869 g/mol. The highest BCUT2D eigenvalue weighted by molar-refractivity contribution is 6.10. The van der Waals surface area contributed by atoms with Gasteiger partial charge in [-0.05, 0) is 54.4 Å². The van der Waals surface area contributed by atoms with Crippen molar-refractivity contribution >= 4 is 69.6 Å². The number of hydrogen-bond donors (Lipinski definition) is 5. The molecule has 21 nitrogen and oxygen atoms in total. The molecule has 0 aliphatic carbocycles. The summed E-state index contributed by atoms with van der Waals surface area (Å²) in [6.45, 7) is 1.58. The van der Waals surface area contributed by atoms with E-state index < -0.39 is 40.9 Å². The number of ketones is 1. The molecule has 2 aromatic carbocycles. The smallest absolute Gasteiger partial charge is 0.322 e. The van der Waals surface area contributed by atoms with E-state index in [2.05, 4.69) is 31.2 Å². The van der Waals surface area contributed by atoms with Crippen LogP contribution in [0.15, 0.2) is 81.9 Å². The number of primary amides is 1. The number of carbonyl (C=O) groups excluding carboxylic acids is 8. The van der Waals surface area contributed by atoms with Gasteiger partial charge in [-0.3, -0.25) is 49.4 Å². The number of fused-ring (bicyclic) bond motifs is 4. The number of imide groups is 2. The van der Waals surface area contributed by atoms with Gasteiger partial charge in [-0.15, -0.1) is 0 Å². The minimum absolute atomic E-state index is 0.0753. The molecule has 6 N–H and O–H groups in total. The van der Waals surface area contributed by atoms with Gasteiger partial charge in [0, 0.05) is 54.3 Å². The van der Waals surface area contributed by atoms with Gasteiger partial charge in [0.05, 0.1) is 32.9 Å². The Hall–Kier alpha value is -8.62. The number of rotatable bonds is 10. The largest absolute Gasteiger partial charge is 0.497 e. The number of urea groups is 2. The molecule has 21 heteroatoms. The first-order valence-corrected chi connectivity index (χ1v) is 19.4. The summed E-state index contributed by atoms with van der Waals surface area (Å²) in [5.74, 6) is -1.51. The van der Waals surface area contributed by atoms with Crippen LogP contribution in [0.25, 0.3) is 22.2 Å². The van der Waals surface area contributed by atoms with Crippen molar-refractivity contribution in [2.24, 2.45) is 5.73 Å². The minimum Gasteiger partial charge on any atom is -0.497 e. The number of methoxy groups -OCH3 is 2. The predicted octanol–water partition coefficient (Wildman–Crippen LogP) is 2.36. The third-order valence-corrected chi connectivity index (χ3v) is 11.4. The lowest BCUT2D eigenvalue weighted by Gasteiger charge is -2.28. The lowest BCUT2D eigenvalue weighted by molar-refractivity contribution is -0.126. The van der Waals surface area contributed by atoms with Crippen molar-refractivity contribution < 1.29 is 56.7 Å². The number of ether oxygens (including phenoxy) is 2. The summed E-state index contributed by atoms with van der Waals surface area (Å²) >= 11 is 0. The van der Waals surface area contributed by atoms with Crippen molar-refractivity contribution in [3.8, 4) is 11.5 Å². The third-order valence-electron chi connectivity index (χ3n) is 11.4. The Morgan fingerprint density at radius 2 is 1.11 bits per heavy atom. The summed E-state index contributed by atoms with van der Waals surface area (Å²) < 4.78 is 22.1. The average molecular weight is 870 g/mol. The van der Waals surface area contributed by atoms with Crippen LogP contribution < -0.4 is 36.5 Å². The molecule has 4 aromatic heterocycles. The SMILES string of the molecule is COc1ccc2c(c1)C(=O)N(C[C@@]1(c3cc4ncc(C(C)=O)cc4o3)NC(=O)NC1=O)C2.COc1ccc2c(c1)C(=O)N(C[C@@]1(c3cc4ncc(C(N)=O)cc4o3)NC(=O)NC1=O)C2. The molecule has 0 radical (unpaired) electrons. The van der Waals surface area contributed by atoms with E-state index in [9.17, 15) is 38.4 Å². The maximum Gasteiger partial charge on any atom is 0.322 e. The molecule has 4 aliphatic heterocycles. The predicted molar refractivity (Wildman–Crippen MR) is 219 cm³/mol. The molecule has 2 atom stereocenters. The number of aromatic nitrogens is 2. The molecule has 2 saturated heterocycles. The first-order chi connectivity index (χ1) is 30.6. The van der Waals surface area contributed by atoms with Gasteiger partial charge in [0.25, 0.3) is 23.6 Å². The van der Waals surface area contributed by atoms with E-state index in [-0.39, 0.29) is 66.4 Å². The zero-order valence-corrected chi connectivity index (χ0v) is 34.0. The quantitative estimate of drug-likeness (QED) is 0.0976. The van der Waals surface area contributed by atoms with Gasteiger partial charge in [0.1, 0.15) is 34.1 Å². The van der Waals surface area contributed by atoms with E-state index in [4.69, 9.17) is 24.0 Å². The summed E-state index contributed by atoms with van der Waals surface area (Å²) in [7, 11) is 3.02. The molecule has 324 valence electrons. The molecule has 0 saturated carbocycles. The van der Waals surface area contributed by atoms with Crippen LogP contribution in [0, 0.1) is 0 Å². The fraction of sp³-hybridized carbons (Fsp3) is 0.209. The zero-order chi connectivity index (χ0) is 45.2. The Bertz CT molecular complexity index is 2860. The van der Waals surface area contributed by atoms with Crippen molar-refractivity contribution in [1.29, 1.82) is 0 Å². The third kappa shape index (κ3) is 6.74. The average Bonchev–Trinajstić information content (AvgIpc) is 4.12. The molecule has 64 heavy (non-hydrogen) atoms. The second-order valence-corrected chi connectivity index (χ2v) is 15.4. The minimum atomic E-state index is -1.67. The van der Waals surface area contributed by atoms with Crippen LogP contribution in [0.2, 0.25) is 0 Å². The lowest BCUT2D eigenvalue weighted by Crippen LogP contribution is -2.52. The van der Waals surface area contributed by atoms with Gasteiger partial charge in [0.15, 0.2) is 28.0 Å². The van der Waals surface area contributed by atoms with Crippen LogP contribution in [0.3, 0.4) is 0 Å². The van der Waals surface area contributed by atoms with Gasteiger partial charge in [-0.1, -0.05) is 12.1 Å². The number of carbonyl (C=O) groups is 8. The molecule has 8 heterocycles. The molecule has 0 bridgehead atoms. The molecule has 4 aliphatic rings. The number of Topliss-reactive ketones (excluding diaryl/α,β-unsaturated/α-hetero) is 1. The maximum absolute atomic E-state index is 13.1. The molecule has 0 unspecified atom stereocenters. The van der Waals surface area contributed by atoms with E-state index in [0.29, 0.717) is 44.8 Å². The van der Waals surface area contributed by atoms with Crippen molar-refractivity contribution in [2.75, 3.05) is 27.3 Å². The number of furan rings is 2. The number of hydrogen-bond acceptors (Lipinski definition) is 14. The Morgan fingerprint density at radius 3 is 1.50 bits per heavy atom. The molecular weight excluding hydrogens is 835 g/mol. The zero-order valence-electron chi connectivity index (χ0n) is 34.0. The first kappa shape index (κ1) is 40.8.